The molecule has 3 saturated heterocycles. The molecule has 4 bridgehead atoms. The topological polar surface area (TPSA) is 211 Å². The molecule has 3 fully saturated rings. The van der Waals surface area contributed by atoms with Crippen LogP contribution in [-0.2, 0) is 38.0 Å². The van der Waals surface area contributed by atoms with Gasteiger partial charge in [0, 0.05) is 0 Å². The minimum absolute atomic E-state index is 0.386. The van der Waals surface area contributed by atoms with Gasteiger partial charge in [0.15, 0.2) is 12.6 Å². The number of ether oxygens (including phenoxy) is 6. The molecule has 0 aromatic rings. The van der Waals surface area contributed by atoms with Gasteiger partial charge in [0.05, 0.1) is 24.0 Å². The lowest BCUT2D eigenvalue weighted by Gasteiger charge is -2.43. The summed E-state index contributed by atoms with van der Waals surface area (Å²) in [6.07, 6.45) is 7.13. The molecule has 0 spiro atoms. The van der Waals surface area contributed by atoms with Gasteiger partial charge in [-0.2, -0.15) is 0 Å². The van der Waals surface area contributed by atoms with E-state index in [1.807, 2.05) is 0 Å². The molecule has 6 N–H and O–H groups in total. The van der Waals surface area contributed by atoms with Gasteiger partial charge < -0.3 is 59.1 Å². The molecule has 0 saturated carbocycles. The second-order valence-corrected chi connectivity index (χ2v) is 19.9. The van der Waals surface area contributed by atoms with Gasteiger partial charge in [-0.15, -0.1) is 0 Å². The number of unbranched alkanes of at least 4 members (excludes halogenated alkanes) is 17. The normalized spacial score (nSPS) is 33.8. The number of rotatable bonds is 25. The number of aliphatic hydroxyl groups excluding tert-OH is 6. The second kappa shape index (κ2) is 30.8. The first kappa shape index (κ1) is 55.9. The van der Waals surface area contributed by atoms with Crippen molar-refractivity contribution < 1.29 is 68.6 Å². The Morgan fingerprint density at radius 3 is 1.00 bits per heavy atom. The third kappa shape index (κ3) is 20.1. The Hall–Kier alpha value is -1.46. The van der Waals surface area contributed by atoms with Crippen LogP contribution >= 0.6 is 0 Å². The molecule has 14 nitrogen and oxygen atoms in total. The third-order valence-corrected chi connectivity index (χ3v) is 13.4. The zero-order valence-corrected chi connectivity index (χ0v) is 39.9. The van der Waals surface area contributed by atoms with Crippen LogP contribution in [0.5, 0.6) is 0 Å². The monoisotopic (exact) mass is 903 g/mol. The minimum atomic E-state index is -1.69. The maximum Gasteiger partial charge on any atom is 0.311 e. The first-order valence-corrected chi connectivity index (χ1v) is 25.2. The highest BCUT2D eigenvalue weighted by Crippen LogP contribution is 2.31. The standard InChI is InChI=1S/C49H90O14/c1-32(2)26-22-18-14-10-7-8-12-16-20-24-28-36-34(5)46(56)58-30-39-41(51)43(53)45(55)49(63-39)61-37(29-25-21-17-13-9-11-15-19-23-27-33(3)4)35(6)47(57)59-31-38-40(50)42(52)44(54)48(60-36)62-38/h32-45,48-55H,7-31H2,1-6H3/t34-,35+,36-,37-,38-,39-,40+,41+,42+,43-,44+,45-,48+,49-/m1/s1. The molecule has 0 radical (unpaired) electrons. The molecular formula is C49H90O14. The summed E-state index contributed by atoms with van der Waals surface area (Å²) in [6.45, 7) is 11.3. The molecule has 3 aliphatic rings. The number of cyclic esters (lactones) is 2. The van der Waals surface area contributed by atoms with E-state index in [1.165, 1.54) is 70.6 Å². The van der Waals surface area contributed by atoms with E-state index in [0.29, 0.717) is 25.7 Å². The van der Waals surface area contributed by atoms with Gasteiger partial charge in [0.25, 0.3) is 0 Å². The zero-order valence-electron chi connectivity index (χ0n) is 39.9. The third-order valence-electron chi connectivity index (χ3n) is 13.4. The lowest BCUT2D eigenvalue weighted by molar-refractivity contribution is -0.320. The first-order chi connectivity index (χ1) is 30.1. The van der Waals surface area contributed by atoms with E-state index in [2.05, 4.69) is 27.7 Å². The van der Waals surface area contributed by atoms with Crippen LogP contribution in [0.25, 0.3) is 0 Å². The lowest BCUT2D eigenvalue weighted by atomic mass is 9.95. The summed E-state index contributed by atoms with van der Waals surface area (Å²) in [5.41, 5.74) is 0. The minimum Gasteiger partial charge on any atom is -0.463 e. The molecule has 3 rings (SSSR count). The van der Waals surface area contributed by atoms with Crippen molar-refractivity contribution in [2.24, 2.45) is 23.7 Å². The molecule has 0 aromatic heterocycles. The molecule has 3 heterocycles. The Balaban J connectivity index is 1.66. The first-order valence-electron chi connectivity index (χ1n) is 25.2. The van der Waals surface area contributed by atoms with E-state index in [9.17, 15) is 40.2 Å². The second-order valence-electron chi connectivity index (χ2n) is 19.9. The summed E-state index contributed by atoms with van der Waals surface area (Å²) in [6, 6.07) is 0. The summed E-state index contributed by atoms with van der Waals surface area (Å²) in [7, 11) is 0. The van der Waals surface area contributed by atoms with Crippen molar-refractivity contribution in [3.8, 4) is 0 Å². The van der Waals surface area contributed by atoms with Crippen molar-refractivity contribution in [1.29, 1.82) is 0 Å². The molecular weight excluding hydrogens is 813 g/mol. The number of esters is 2. The molecule has 370 valence electrons. The van der Waals surface area contributed by atoms with E-state index < -0.39 is 111 Å². The number of aliphatic hydroxyl groups is 6. The molecule has 0 amide bonds. The van der Waals surface area contributed by atoms with Crippen LogP contribution in [0.2, 0.25) is 0 Å². The Labute approximate surface area is 379 Å². The van der Waals surface area contributed by atoms with E-state index in [4.69, 9.17) is 28.4 Å². The fraction of sp³-hybridized carbons (Fsp3) is 0.959. The van der Waals surface area contributed by atoms with Gasteiger partial charge in [0.2, 0.25) is 0 Å². The van der Waals surface area contributed by atoms with E-state index in [1.54, 1.807) is 13.8 Å². The van der Waals surface area contributed by atoms with Gasteiger partial charge in [-0.1, -0.05) is 163 Å². The van der Waals surface area contributed by atoms with Crippen molar-refractivity contribution in [2.45, 2.75) is 263 Å². The van der Waals surface area contributed by atoms with Gasteiger partial charge in [-0.25, -0.2) is 0 Å². The molecule has 14 heteroatoms. The van der Waals surface area contributed by atoms with Crippen LogP contribution in [0.15, 0.2) is 0 Å². The highest BCUT2D eigenvalue weighted by molar-refractivity contribution is 5.73. The highest BCUT2D eigenvalue weighted by atomic mass is 16.7. The average Bonchev–Trinajstić information content (AvgIpc) is 3.25. The van der Waals surface area contributed by atoms with E-state index >= 15 is 0 Å². The van der Waals surface area contributed by atoms with E-state index in [-0.39, 0.29) is 0 Å². The van der Waals surface area contributed by atoms with Crippen LogP contribution in [0.3, 0.4) is 0 Å². The molecule has 14 atom stereocenters. The van der Waals surface area contributed by atoms with Crippen molar-refractivity contribution in [3.05, 3.63) is 0 Å². The van der Waals surface area contributed by atoms with Crippen LogP contribution in [0.1, 0.15) is 189 Å². The Kier molecular flexibility index (Phi) is 27.3. The number of fused-ring (bicyclic) bond motifs is 4. The van der Waals surface area contributed by atoms with Crippen molar-refractivity contribution in [2.75, 3.05) is 13.2 Å². The Bertz CT molecular complexity index is 1220. The largest absolute Gasteiger partial charge is 0.463 e. The summed E-state index contributed by atoms with van der Waals surface area (Å²) in [5, 5.41) is 65.5. The lowest BCUT2D eigenvalue weighted by Crippen LogP contribution is -2.61. The SMILES string of the molecule is CC(C)CCCCCCCCCCCC[C@H]1O[C@H]2O[C@H](COC(=O)[C@@H](C)[C@@H](CCCCCCCCCCCC(C)C)O[C@@H]3O[C@H](COC(=O)[C@@H]1C)[C@H](O)[C@@H](O)[C@H]3O)[C@H](O)[C@H](O)[C@@H]2O. The predicted molar refractivity (Wildman–Crippen MR) is 239 cm³/mol. The van der Waals surface area contributed by atoms with Gasteiger partial charge in [-0.3, -0.25) is 9.59 Å². The molecule has 0 unspecified atom stereocenters. The average molecular weight is 903 g/mol. The quantitative estimate of drug-likeness (QED) is 0.0402. The number of carbonyl (C=O) groups is 2. The fourth-order valence-electron chi connectivity index (χ4n) is 8.89. The summed E-state index contributed by atoms with van der Waals surface area (Å²) in [4.78, 5) is 27.3. The van der Waals surface area contributed by atoms with Crippen molar-refractivity contribution in [3.63, 3.8) is 0 Å². The number of hydrogen-bond acceptors (Lipinski definition) is 14. The molecule has 3 aliphatic heterocycles. The van der Waals surface area contributed by atoms with Gasteiger partial charge in [0.1, 0.15) is 62.0 Å². The maximum absolute atomic E-state index is 13.6. The van der Waals surface area contributed by atoms with Crippen molar-refractivity contribution in [1.82, 2.24) is 0 Å². The van der Waals surface area contributed by atoms with Crippen LogP contribution in [0.4, 0.5) is 0 Å². The van der Waals surface area contributed by atoms with E-state index in [0.717, 1.165) is 63.2 Å². The Morgan fingerprint density at radius 1 is 0.413 bits per heavy atom. The zero-order chi connectivity index (χ0) is 46.3. The van der Waals surface area contributed by atoms with Crippen LogP contribution in [-0.4, -0.2) is 129 Å². The smallest absolute Gasteiger partial charge is 0.311 e. The van der Waals surface area contributed by atoms with Crippen LogP contribution < -0.4 is 0 Å². The highest BCUT2D eigenvalue weighted by Gasteiger charge is 2.49. The molecule has 63 heavy (non-hydrogen) atoms. The molecule has 0 aromatic carbocycles. The van der Waals surface area contributed by atoms with Crippen LogP contribution in [0, 0.1) is 23.7 Å². The number of carbonyl (C=O) groups excluding carboxylic acids is 2. The van der Waals surface area contributed by atoms with Gasteiger partial charge >= 0.3 is 11.9 Å². The van der Waals surface area contributed by atoms with Crippen molar-refractivity contribution >= 4 is 11.9 Å². The number of hydrogen-bond donors (Lipinski definition) is 6. The molecule has 0 aliphatic carbocycles. The Morgan fingerprint density at radius 2 is 0.698 bits per heavy atom. The summed E-state index contributed by atoms with van der Waals surface area (Å²) in [5.74, 6) is -1.73. The summed E-state index contributed by atoms with van der Waals surface area (Å²) >= 11 is 0. The summed E-state index contributed by atoms with van der Waals surface area (Å²) < 4.78 is 35.7. The predicted octanol–water partition coefficient (Wildman–Crippen LogP) is 7.03. The van der Waals surface area contributed by atoms with Gasteiger partial charge in [-0.05, 0) is 38.5 Å². The fourth-order valence-corrected chi connectivity index (χ4v) is 8.89. The maximum atomic E-state index is 13.6.